The van der Waals surface area contributed by atoms with Crippen LogP contribution in [-0.4, -0.2) is 24.9 Å². The molecule has 0 aromatic heterocycles. The molecule has 2 atom stereocenters. The molecule has 5 nitrogen and oxygen atoms in total. The molecule has 0 aliphatic carbocycles. The first-order valence-electron chi connectivity index (χ1n) is 6.47. The molecule has 1 aliphatic rings. The monoisotopic (exact) mass is 261 g/mol. The molecule has 1 fully saturated rings. The van der Waals surface area contributed by atoms with Gasteiger partial charge >= 0.3 is 0 Å². The molecule has 2 rings (SSSR count). The van der Waals surface area contributed by atoms with Gasteiger partial charge in [-0.25, -0.2) is 0 Å². The molecule has 0 spiro atoms. The number of benzene rings is 1. The number of nitrogens with two attached hydrogens (primary N) is 1. The molecule has 102 valence electrons. The third kappa shape index (κ3) is 3.54. The van der Waals surface area contributed by atoms with Crippen LogP contribution in [0.5, 0.6) is 0 Å². The highest BCUT2D eigenvalue weighted by molar-refractivity contribution is 5.97. The van der Waals surface area contributed by atoms with E-state index in [4.69, 9.17) is 5.73 Å². The van der Waals surface area contributed by atoms with Crippen LogP contribution in [0.25, 0.3) is 0 Å². The maximum atomic E-state index is 12.1. The Kier molecular flexibility index (Phi) is 4.16. The molecule has 1 aromatic carbocycles. The quantitative estimate of drug-likeness (QED) is 0.758. The Morgan fingerprint density at radius 2 is 2.16 bits per heavy atom. The van der Waals surface area contributed by atoms with Crippen LogP contribution in [0.15, 0.2) is 24.3 Å². The van der Waals surface area contributed by atoms with Crippen LogP contribution >= 0.6 is 0 Å². The van der Waals surface area contributed by atoms with Crippen LogP contribution in [0.4, 0.5) is 5.69 Å². The minimum Gasteiger partial charge on any atom is -0.366 e. The molecular weight excluding hydrogens is 242 g/mol. The summed E-state index contributed by atoms with van der Waals surface area (Å²) in [5.74, 6) is -0.0350. The van der Waals surface area contributed by atoms with Crippen LogP contribution < -0.4 is 16.4 Å². The van der Waals surface area contributed by atoms with Crippen molar-refractivity contribution < 1.29 is 9.59 Å². The van der Waals surface area contributed by atoms with Crippen molar-refractivity contribution in [2.45, 2.75) is 13.3 Å². The third-order valence-corrected chi connectivity index (χ3v) is 3.36. The minimum atomic E-state index is -0.496. The van der Waals surface area contributed by atoms with Gasteiger partial charge in [0.15, 0.2) is 0 Å². The Balaban J connectivity index is 2.02. The molecule has 5 heteroatoms. The molecule has 1 aromatic rings. The van der Waals surface area contributed by atoms with Crippen LogP contribution in [0.2, 0.25) is 0 Å². The fraction of sp³-hybridized carbons (Fsp3) is 0.429. The summed E-state index contributed by atoms with van der Waals surface area (Å²) in [6.45, 7) is 3.78. The predicted octanol–water partition coefficient (Wildman–Crippen LogP) is 0.970. The third-order valence-electron chi connectivity index (χ3n) is 3.36. The number of anilines is 1. The standard InChI is InChI=1S/C14H19N3O2/c1-9-5-11(8-16-7-9)14(19)17-12-4-2-3-10(6-12)13(15)18/h2-4,6,9,11,16H,5,7-8H2,1H3,(H2,15,18)(H,17,19). The van der Waals surface area contributed by atoms with E-state index in [1.54, 1.807) is 24.3 Å². The zero-order chi connectivity index (χ0) is 13.8. The largest absolute Gasteiger partial charge is 0.366 e. The summed E-state index contributed by atoms with van der Waals surface area (Å²) < 4.78 is 0. The number of carbonyl (C=O) groups excluding carboxylic acids is 2. The molecule has 0 saturated carbocycles. The van der Waals surface area contributed by atoms with Gasteiger partial charge in [0.25, 0.3) is 0 Å². The van der Waals surface area contributed by atoms with Gasteiger partial charge in [-0.15, -0.1) is 0 Å². The number of rotatable bonds is 3. The van der Waals surface area contributed by atoms with Gasteiger partial charge in [-0.2, -0.15) is 0 Å². The first-order chi connectivity index (χ1) is 9.06. The second-order valence-corrected chi connectivity index (χ2v) is 5.13. The van der Waals surface area contributed by atoms with Crippen molar-refractivity contribution in [3.05, 3.63) is 29.8 Å². The average molecular weight is 261 g/mol. The lowest BCUT2D eigenvalue weighted by atomic mass is 9.91. The predicted molar refractivity (Wildman–Crippen MR) is 73.7 cm³/mol. The molecule has 1 saturated heterocycles. The van der Waals surface area contributed by atoms with Crippen LogP contribution in [0.1, 0.15) is 23.7 Å². The molecule has 1 aliphatic heterocycles. The highest BCUT2D eigenvalue weighted by atomic mass is 16.2. The van der Waals surface area contributed by atoms with E-state index in [-0.39, 0.29) is 11.8 Å². The second kappa shape index (κ2) is 5.84. The zero-order valence-corrected chi connectivity index (χ0v) is 11.0. The van der Waals surface area contributed by atoms with Gasteiger partial charge in [0.05, 0.1) is 5.92 Å². The molecule has 2 amide bonds. The van der Waals surface area contributed by atoms with Crippen LogP contribution in [-0.2, 0) is 4.79 Å². The first-order valence-corrected chi connectivity index (χ1v) is 6.47. The van der Waals surface area contributed by atoms with Gasteiger partial charge in [0.1, 0.15) is 0 Å². The molecule has 2 unspecified atom stereocenters. The molecule has 1 heterocycles. The summed E-state index contributed by atoms with van der Waals surface area (Å²) >= 11 is 0. The summed E-state index contributed by atoms with van der Waals surface area (Å²) in [6.07, 6.45) is 0.883. The van der Waals surface area contributed by atoms with Crippen molar-refractivity contribution >= 4 is 17.5 Å². The lowest BCUT2D eigenvalue weighted by Crippen LogP contribution is -2.40. The van der Waals surface area contributed by atoms with Crippen molar-refractivity contribution in [2.24, 2.45) is 17.6 Å². The van der Waals surface area contributed by atoms with Crippen molar-refractivity contribution in [3.63, 3.8) is 0 Å². The van der Waals surface area contributed by atoms with Crippen molar-refractivity contribution in [1.82, 2.24) is 5.32 Å². The van der Waals surface area contributed by atoms with Crippen molar-refractivity contribution in [3.8, 4) is 0 Å². The summed E-state index contributed by atoms with van der Waals surface area (Å²) in [6, 6.07) is 6.68. The Bertz CT molecular complexity index is 487. The van der Waals surface area contributed by atoms with Gasteiger partial charge in [0, 0.05) is 17.8 Å². The van der Waals surface area contributed by atoms with E-state index in [9.17, 15) is 9.59 Å². The van der Waals surface area contributed by atoms with E-state index < -0.39 is 5.91 Å². The number of primary amides is 1. The number of amides is 2. The van der Waals surface area contributed by atoms with Crippen molar-refractivity contribution in [2.75, 3.05) is 18.4 Å². The SMILES string of the molecule is CC1CNCC(C(=O)Nc2cccc(C(N)=O)c2)C1. The maximum absolute atomic E-state index is 12.1. The number of hydrogen-bond donors (Lipinski definition) is 3. The van der Waals surface area contributed by atoms with Gasteiger partial charge in [0.2, 0.25) is 11.8 Å². The fourth-order valence-electron chi connectivity index (χ4n) is 2.35. The lowest BCUT2D eigenvalue weighted by Gasteiger charge is -2.26. The van der Waals surface area contributed by atoms with E-state index in [0.717, 1.165) is 13.0 Å². The zero-order valence-electron chi connectivity index (χ0n) is 11.0. The van der Waals surface area contributed by atoms with Crippen LogP contribution in [0, 0.1) is 11.8 Å². The van der Waals surface area contributed by atoms with E-state index in [1.807, 2.05) is 0 Å². The van der Waals surface area contributed by atoms with Gasteiger partial charge in [-0.3, -0.25) is 9.59 Å². The first kappa shape index (κ1) is 13.5. The molecule has 0 radical (unpaired) electrons. The summed E-state index contributed by atoms with van der Waals surface area (Å²) in [5, 5.41) is 6.09. The molecule has 19 heavy (non-hydrogen) atoms. The highest BCUT2D eigenvalue weighted by Gasteiger charge is 2.24. The topological polar surface area (TPSA) is 84.2 Å². The molecule has 4 N–H and O–H groups in total. The highest BCUT2D eigenvalue weighted by Crippen LogP contribution is 2.18. The van der Waals surface area contributed by atoms with E-state index in [2.05, 4.69) is 17.6 Å². The molecule has 0 bridgehead atoms. The fourth-order valence-corrected chi connectivity index (χ4v) is 2.35. The number of piperidine rings is 1. The smallest absolute Gasteiger partial charge is 0.248 e. The normalized spacial score (nSPS) is 22.8. The maximum Gasteiger partial charge on any atom is 0.248 e. The lowest BCUT2D eigenvalue weighted by molar-refractivity contribution is -0.120. The summed E-state index contributed by atoms with van der Waals surface area (Å²) in [4.78, 5) is 23.2. The average Bonchev–Trinajstić information content (AvgIpc) is 2.39. The minimum absolute atomic E-state index is 0.0133. The Morgan fingerprint density at radius 1 is 1.37 bits per heavy atom. The molecular formula is C14H19N3O2. The number of hydrogen-bond acceptors (Lipinski definition) is 3. The second-order valence-electron chi connectivity index (χ2n) is 5.13. The number of nitrogens with one attached hydrogen (secondary N) is 2. The van der Waals surface area contributed by atoms with E-state index in [0.29, 0.717) is 23.7 Å². The Labute approximate surface area is 112 Å². The number of carbonyl (C=O) groups is 2. The van der Waals surface area contributed by atoms with Gasteiger partial charge < -0.3 is 16.4 Å². The Morgan fingerprint density at radius 3 is 2.84 bits per heavy atom. The summed E-state index contributed by atoms with van der Waals surface area (Å²) in [7, 11) is 0. The van der Waals surface area contributed by atoms with Gasteiger partial charge in [-0.05, 0) is 37.1 Å². The van der Waals surface area contributed by atoms with E-state index >= 15 is 0 Å². The summed E-state index contributed by atoms with van der Waals surface area (Å²) in [5.41, 5.74) is 6.22. The van der Waals surface area contributed by atoms with E-state index in [1.165, 1.54) is 0 Å². The van der Waals surface area contributed by atoms with Crippen molar-refractivity contribution in [1.29, 1.82) is 0 Å². The van der Waals surface area contributed by atoms with Crippen LogP contribution in [0.3, 0.4) is 0 Å². The van der Waals surface area contributed by atoms with Gasteiger partial charge in [-0.1, -0.05) is 13.0 Å². The Hall–Kier alpha value is -1.88.